The number of furan rings is 1. The molecule has 1 fully saturated rings. The predicted molar refractivity (Wildman–Crippen MR) is 94.4 cm³/mol. The minimum absolute atomic E-state index is 0.123. The Morgan fingerprint density at radius 2 is 2.15 bits per heavy atom. The molecule has 27 heavy (non-hydrogen) atoms. The Balaban J connectivity index is 1.41. The molecule has 5 rings (SSSR count). The Hall–Kier alpha value is -2.93. The third-order valence-electron chi connectivity index (χ3n) is 5.35. The standard InChI is InChI=1S/C20H18FN3O3/c21-15-4-1-3-14(9-15)16-10-22-18-11-27-20(13-24(16)18)6-7-23(12-20)19(25)17-5-2-8-26-17/h1-5,8-10H,6-7,11-13H2/t20-/m1/s1. The van der Waals surface area contributed by atoms with Crippen LogP contribution in [0.4, 0.5) is 4.39 Å². The molecule has 0 bridgehead atoms. The summed E-state index contributed by atoms with van der Waals surface area (Å²) in [6, 6.07) is 9.88. The number of benzene rings is 1. The van der Waals surface area contributed by atoms with E-state index in [-0.39, 0.29) is 11.7 Å². The fourth-order valence-corrected chi connectivity index (χ4v) is 3.96. The number of halogens is 1. The summed E-state index contributed by atoms with van der Waals surface area (Å²) in [4.78, 5) is 18.8. The smallest absolute Gasteiger partial charge is 0.289 e. The van der Waals surface area contributed by atoms with E-state index in [9.17, 15) is 9.18 Å². The fraction of sp³-hybridized carbons (Fsp3) is 0.300. The van der Waals surface area contributed by atoms with Crippen molar-refractivity contribution in [2.75, 3.05) is 13.1 Å². The van der Waals surface area contributed by atoms with Gasteiger partial charge in [0.25, 0.3) is 5.91 Å². The minimum atomic E-state index is -0.460. The molecule has 2 aliphatic rings. The number of amides is 1. The van der Waals surface area contributed by atoms with Crippen molar-refractivity contribution in [3.05, 3.63) is 66.3 Å². The number of aromatic nitrogens is 2. The van der Waals surface area contributed by atoms with E-state index >= 15 is 0 Å². The van der Waals surface area contributed by atoms with E-state index < -0.39 is 5.60 Å². The molecule has 1 saturated heterocycles. The van der Waals surface area contributed by atoms with Crippen molar-refractivity contribution in [2.24, 2.45) is 0 Å². The molecule has 1 aromatic carbocycles. The molecule has 0 aliphatic carbocycles. The minimum Gasteiger partial charge on any atom is -0.459 e. The molecule has 6 nitrogen and oxygen atoms in total. The third-order valence-corrected chi connectivity index (χ3v) is 5.35. The molecule has 7 heteroatoms. The van der Waals surface area contributed by atoms with E-state index in [0.29, 0.717) is 32.0 Å². The van der Waals surface area contributed by atoms with Crippen LogP contribution in [-0.2, 0) is 17.9 Å². The van der Waals surface area contributed by atoms with Crippen LogP contribution in [0, 0.1) is 5.82 Å². The average Bonchev–Trinajstić information content (AvgIpc) is 3.41. The number of carbonyl (C=O) groups is 1. The lowest BCUT2D eigenvalue weighted by molar-refractivity contribution is -0.0805. The number of likely N-dealkylation sites (tertiary alicyclic amines) is 1. The molecular formula is C20H18FN3O3. The van der Waals surface area contributed by atoms with Gasteiger partial charge >= 0.3 is 0 Å². The van der Waals surface area contributed by atoms with E-state index in [4.69, 9.17) is 9.15 Å². The van der Waals surface area contributed by atoms with Gasteiger partial charge in [0.05, 0.1) is 31.2 Å². The molecule has 0 radical (unpaired) electrons. The van der Waals surface area contributed by atoms with Crippen LogP contribution in [0.2, 0.25) is 0 Å². The molecule has 2 aliphatic heterocycles. The second-order valence-corrected chi connectivity index (χ2v) is 7.08. The van der Waals surface area contributed by atoms with Gasteiger partial charge in [-0.3, -0.25) is 4.79 Å². The molecule has 3 aromatic rings. The molecular weight excluding hydrogens is 349 g/mol. The molecule has 138 valence electrons. The number of ether oxygens (including phenoxy) is 1. The van der Waals surface area contributed by atoms with Gasteiger partial charge in [0.1, 0.15) is 23.8 Å². The second-order valence-electron chi connectivity index (χ2n) is 7.08. The van der Waals surface area contributed by atoms with Gasteiger partial charge in [-0.15, -0.1) is 0 Å². The van der Waals surface area contributed by atoms with Gasteiger partial charge in [0, 0.05) is 12.1 Å². The lowest BCUT2D eigenvalue weighted by Crippen LogP contribution is -2.45. The highest BCUT2D eigenvalue weighted by atomic mass is 19.1. The molecule has 2 aromatic heterocycles. The number of imidazole rings is 1. The predicted octanol–water partition coefficient (Wildman–Crippen LogP) is 3.10. The summed E-state index contributed by atoms with van der Waals surface area (Å²) in [6.07, 6.45) is 3.99. The van der Waals surface area contributed by atoms with Crippen molar-refractivity contribution < 1.29 is 18.3 Å². The largest absolute Gasteiger partial charge is 0.459 e. The fourth-order valence-electron chi connectivity index (χ4n) is 3.96. The molecule has 0 saturated carbocycles. The van der Waals surface area contributed by atoms with E-state index in [0.717, 1.165) is 23.5 Å². The van der Waals surface area contributed by atoms with Crippen LogP contribution >= 0.6 is 0 Å². The molecule has 4 heterocycles. The molecule has 0 N–H and O–H groups in total. The molecule has 1 atom stereocenters. The third kappa shape index (κ3) is 2.75. The summed E-state index contributed by atoms with van der Waals surface area (Å²) in [7, 11) is 0. The summed E-state index contributed by atoms with van der Waals surface area (Å²) in [5, 5.41) is 0. The van der Waals surface area contributed by atoms with Crippen molar-refractivity contribution in [2.45, 2.75) is 25.2 Å². The first kappa shape index (κ1) is 16.3. The number of rotatable bonds is 2. The van der Waals surface area contributed by atoms with E-state index in [1.165, 1.54) is 18.4 Å². The monoisotopic (exact) mass is 367 g/mol. The van der Waals surface area contributed by atoms with Crippen LogP contribution in [-0.4, -0.2) is 39.0 Å². The van der Waals surface area contributed by atoms with Gasteiger partial charge in [-0.25, -0.2) is 9.37 Å². The van der Waals surface area contributed by atoms with Gasteiger partial charge in [0.15, 0.2) is 5.76 Å². The Morgan fingerprint density at radius 1 is 1.22 bits per heavy atom. The van der Waals surface area contributed by atoms with Crippen LogP contribution < -0.4 is 0 Å². The zero-order chi connectivity index (χ0) is 18.4. The summed E-state index contributed by atoms with van der Waals surface area (Å²) in [6.45, 7) is 2.06. The van der Waals surface area contributed by atoms with Crippen molar-refractivity contribution in [1.82, 2.24) is 14.5 Å². The maximum Gasteiger partial charge on any atom is 0.289 e. The van der Waals surface area contributed by atoms with E-state index in [2.05, 4.69) is 9.55 Å². The number of fused-ring (bicyclic) bond motifs is 1. The highest BCUT2D eigenvalue weighted by Crippen LogP contribution is 2.35. The van der Waals surface area contributed by atoms with Gasteiger partial charge in [-0.2, -0.15) is 0 Å². The van der Waals surface area contributed by atoms with Crippen LogP contribution in [0.25, 0.3) is 11.3 Å². The number of carbonyl (C=O) groups excluding carboxylic acids is 1. The maximum absolute atomic E-state index is 13.7. The van der Waals surface area contributed by atoms with Crippen molar-refractivity contribution >= 4 is 5.91 Å². The van der Waals surface area contributed by atoms with Crippen molar-refractivity contribution in [3.8, 4) is 11.3 Å². The summed E-state index contributed by atoms with van der Waals surface area (Å²) < 4.78 is 27.1. The Morgan fingerprint density at radius 3 is 2.96 bits per heavy atom. The maximum atomic E-state index is 13.7. The molecule has 1 spiro atoms. The Kier molecular flexibility index (Phi) is 3.65. The summed E-state index contributed by atoms with van der Waals surface area (Å²) in [5.74, 6) is 0.755. The van der Waals surface area contributed by atoms with Gasteiger partial charge < -0.3 is 18.6 Å². The lowest BCUT2D eigenvalue weighted by Gasteiger charge is -2.35. The highest BCUT2D eigenvalue weighted by molar-refractivity contribution is 5.91. The summed E-state index contributed by atoms with van der Waals surface area (Å²) >= 11 is 0. The average molecular weight is 367 g/mol. The topological polar surface area (TPSA) is 60.5 Å². The van der Waals surface area contributed by atoms with Crippen LogP contribution in [0.3, 0.4) is 0 Å². The van der Waals surface area contributed by atoms with E-state index in [1.807, 2.05) is 6.07 Å². The first-order chi connectivity index (χ1) is 13.1. The van der Waals surface area contributed by atoms with Crippen LogP contribution in [0.15, 0.2) is 53.3 Å². The van der Waals surface area contributed by atoms with Gasteiger partial charge in [-0.05, 0) is 30.7 Å². The van der Waals surface area contributed by atoms with Gasteiger partial charge in [0.2, 0.25) is 0 Å². The summed E-state index contributed by atoms with van der Waals surface area (Å²) in [5.41, 5.74) is 1.19. The first-order valence-electron chi connectivity index (χ1n) is 8.91. The second kappa shape index (κ2) is 6.06. The molecule has 0 unspecified atom stereocenters. The van der Waals surface area contributed by atoms with Crippen LogP contribution in [0.5, 0.6) is 0 Å². The van der Waals surface area contributed by atoms with Crippen molar-refractivity contribution in [1.29, 1.82) is 0 Å². The Labute approximate surface area is 155 Å². The number of hydrogen-bond acceptors (Lipinski definition) is 4. The SMILES string of the molecule is O=C(c1ccco1)N1CC[C@@]2(C1)Cn1c(-c3cccc(F)c3)cnc1CO2. The zero-order valence-corrected chi connectivity index (χ0v) is 14.6. The first-order valence-corrected chi connectivity index (χ1v) is 8.91. The number of nitrogens with zero attached hydrogens (tertiary/aromatic N) is 3. The van der Waals surface area contributed by atoms with Gasteiger partial charge in [-0.1, -0.05) is 12.1 Å². The quantitative estimate of drug-likeness (QED) is 0.698. The number of hydrogen-bond donors (Lipinski definition) is 0. The highest BCUT2D eigenvalue weighted by Gasteiger charge is 2.45. The Bertz CT molecular complexity index is 998. The zero-order valence-electron chi connectivity index (χ0n) is 14.6. The lowest BCUT2D eigenvalue weighted by atomic mass is 10.0. The molecule has 1 amide bonds. The van der Waals surface area contributed by atoms with E-state index in [1.54, 1.807) is 29.3 Å². The normalized spacial score (nSPS) is 21.6. The van der Waals surface area contributed by atoms with Crippen LogP contribution in [0.1, 0.15) is 22.8 Å². The van der Waals surface area contributed by atoms with Crippen molar-refractivity contribution in [3.63, 3.8) is 0 Å².